The lowest BCUT2D eigenvalue weighted by Crippen LogP contribution is -2.07. The molecule has 4 N–H and O–H groups in total. The van der Waals surface area contributed by atoms with Crippen molar-refractivity contribution in [1.29, 1.82) is 0 Å². The highest BCUT2D eigenvalue weighted by molar-refractivity contribution is 7.92. The summed E-state index contributed by atoms with van der Waals surface area (Å²) in [7, 11) is -4.65. The first kappa shape index (κ1) is 18.6. The number of phenols is 2. The maximum absolute atomic E-state index is 12.8. The average Bonchev–Trinajstić information content (AvgIpc) is 2.43. The van der Waals surface area contributed by atoms with E-state index in [0.29, 0.717) is 0 Å². The Morgan fingerprint density at radius 2 is 1.22 bits per heavy atom. The number of hydrogen-bond donors (Lipinski definition) is 3. The molecule has 0 heterocycles. The van der Waals surface area contributed by atoms with Crippen LogP contribution in [0.15, 0.2) is 21.9 Å². The number of phenolic OH excluding ortho intramolecular Hbond substituents is 2. The van der Waals surface area contributed by atoms with E-state index in [-0.39, 0.29) is 20.8 Å². The first-order chi connectivity index (χ1) is 10.5. The minimum absolute atomic E-state index is 0.218. The van der Waals surface area contributed by atoms with Crippen LogP contribution in [0, 0.1) is 0 Å². The Kier molecular flexibility index (Phi) is 5.07. The van der Waals surface area contributed by atoms with Gasteiger partial charge >= 0.3 is 0 Å². The molecule has 11 heteroatoms. The highest BCUT2D eigenvalue weighted by Crippen LogP contribution is 2.48. The molecule has 2 aromatic carbocycles. The number of anilines is 1. The van der Waals surface area contributed by atoms with Crippen molar-refractivity contribution in [2.75, 3.05) is 5.73 Å². The van der Waals surface area contributed by atoms with E-state index in [1.165, 1.54) is 0 Å². The van der Waals surface area contributed by atoms with Gasteiger partial charge in [-0.25, -0.2) is 8.42 Å². The van der Waals surface area contributed by atoms with Crippen LogP contribution in [-0.2, 0) is 9.84 Å². The van der Waals surface area contributed by atoms with Crippen LogP contribution in [0.5, 0.6) is 11.5 Å². The molecular weight excluding hydrogens is 431 g/mol. The molecule has 0 unspecified atom stereocenters. The maximum atomic E-state index is 12.8. The van der Waals surface area contributed by atoms with Gasteiger partial charge in [-0.2, -0.15) is 0 Å². The predicted octanol–water partition coefficient (Wildman–Crippen LogP) is 4.78. The smallest absolute Gasteiger partial charge is 0.217 e. The van der Waals surface area contributed by atoms with E-state index in [4.69, 9.17) is 63.7 Å². The number of halogens is 5. The van der Waals surface area contributed by atoms with Crippen molar-refractivity contribution in [3.8, 4) is 11.5 Å². The van der Waals surface area contributed by atoms with Gasteiger partial charge in [0.05, 0.1) is 30.8 Å². The van der Waals surface area contributed by atoms with Crippen LogP contribution in [0.4, 0.5) is 5.69 Å². The van der Waals surface area contributed by atoms with Crippen LogP contribution in [-0.4, -0.2) is 18.6 Å². The van der Waals surface area contributed by atoms with E-state index in [1.54, 1.807) is 0 Å². The summed E-state index contributed by atoms with van der Waals surface area (Å²) in [6.45, 7) is 0. The van der Waals surface area contributed by atoms with E-state index >= 15 is 0 Å². The molecule has 124 valence electrons. The lowest BCUT2D eigenvalue weighted by atomic mass is 10.3. The quantitative estimate of drug-likeness (QED) is 0.357. The highest BCUT2D eigenvalue weighted by atomic mass is 35.5. The number of hydrogen-bond acceptors (Lipinski definition) is 5. The summed E-state index contributed by atoms with van der Waals surface area (Å²) in [4.78, 5) is -1.64. The van der Waals surface area contributed by atoms with Gasteiger partial charge in [0.15, 0.2) is 11.5 Å². The van der Waals surface area contributed by atoms with Crippen molar-refractivity contribution in [2.45, 2.75) is 9.79 Å². The standard InChI is InChI=1S/C12H6Cl5NO4S/c13-3-1-5(15)9(19)11(7(3)16)23(21,22)12-8(17)4(14)2-6(18)10(12)20/h1-2,19-20H,18H2. The van der Waals surface area contributed by atoms with Gasteiger partial charge in [0.25, 0.3) is 0 Å². The first-order valence-electron chi connectivity index (χ1n) is 5.58. The summed E-state index contributed by atoms with van der Waals surface area (Å²) >= 11 is 29.0. The topological polar surface area (TPSA) is 101 Å². The molecule has 0 fully saturated rings. The van der Waals surface area contributed by atoms with Gasteiger partial charge in [0.1, 0.15) is 9.79 Å². The van der Waals surface area contributed by atoms with Gasteiger partial charge in [-0.15, -0.1) is 0 Å². The summed E-state index contributed by atoms with van der Waals surface area (Å²) < 4.78 is 25.6. The zero-order chi connectivity index (χ0) is 17.7. The maximum Gasteiger partial charge on any atom is 0.217 e. The van der Waals surface area contributed by atoms with Crippen molar-refractivity contribution >= 4 is 73.5 Å². The number of rotatable bonds is 2. The summed E-state index contributed by atoms with van der Waals surface area (Å²) in [5.41, 5.74) is 5.16. The van der Waals surface area contributed by atoms with Gasteiger partial charge in [0, 0.05) is 0 Å². The van der Waals surface area contributed by atoms with Crippen LogP contribution in [0.1, 0.15) is 0 Å². The third-order valence-electron chi connectivity index (χ3n) is 2.82. The molecule has 0 aliphatic carbocycles. The van der Waals surface area contributed by atoms with Crippen LogP contribution in [0.2, 0.25) is 25.1 Å². The normalized spacial score (nSPS) is 11.7. The molecule has 5 nitrogen and oxygen atoms in total. The van der Waals surface area contributed by atoms with Gasteiger partial charge in [-0.1, -0.05) is 58.0 Å². The van der Waals surface area contributed by atoms with Gasteiger partial charge < -0.3 is 15.9 Å². The number of benzene rings is 2. The molecule has 0 aromatic heterocycles. The SMILES string of the molecule is Nc1cc(Cl)c(Cl)c(S(=O)(=O)c2c(O)c(Cl)cc(Cl)c2Cl)c1O. The van der Waals surface area contributed by atoms with Crippen molar-refractivity contribution in [3.05, 3.63) is 37.2 Å². The summed E-state index contributed by atoms with van der Waals surface area (Å²) in [5, 5.41) is 18.2. The average molecular weight is 438 g/mol. The number of aromatic hydroxyl groups is 2. The van der Waals surface area contributed by atoms with Gasteiger partial charge in [0.2, 0.25) is 9.84 Å². The molecule has 0 spiro atoms. The zero-order valence-corrected chi connectivity index (χ0v) is 15.3. The molecule has 0 aliphatic heterocycles. The number of nitrogen functional groups attached to an aromatic ring is 1. The second-order valence-electron chi connectivity index (χ2n) is 4.27. The first-order valence-corrected chi connectivity index (χ1v) is 8.95. The van der Waals surface area contributed by atoms with E-state index < -0.39 is 41.2 Å². The minimum atomic E-state index is -4.65. The predicted molar refractivity (Wildman–Crippen MR) is 91.1 cm³/mol. The Bertz CT molecular complexity index is 808. The molecule has 23 heavy (non-hydrogen) atoms. The second-order valence-corrected chi connectivity index (χ2v) is 8.08. The Labute approximate surface area is 156 Å². The molecule has 0 bridgehead atoms. The Morgan fingerprint density at radius 3 is 1.74 bits per heavy atom. The zero-order valence-electron chi connectivity index (χ0n) is 10.7. The molecule has 2 aromatic rings. The van der Waals surface area contributed by atoms with Gasteiger partial charge in [-0.3, -0.25) is 0 Å². The fourth-order valence-corrected chi connectivity index (χ4v) is 5.14. The Morgan fingerprint density at radius 1 is 0.783 bits per heavy atom. The Balaban J connectivity index is 2.97. The van der Waals surface area contributed by atoms with Crippen molar-refractivity contribution < 1.29 is 18.6 Å². The monoisotopic (exact) mass is 435 g/mol. The van der Waals surface area contributed by atoms with Crippen molar-refractivity contribution in [3.63, 3.8) is 0 Å². The summed E-state index contributed by atoms with van der Waals surface area (Å²) in [5.74, 6) is -1.69. The molecule has 0 radical (unpaired) electrons. The third-order valence-corrected chi connectivity index (χ3v) is 6.78. The van der Waals surface area contributed by atoms with E-state index in [2.05, 4.69) is 0 Å². The molecule has 0 saturated carbocycles. The van der Waals surface area contributed by atoms with Crippen molar-refractivity contribution in [2.24, 2.45) is 0 Å². The molecular formula is C12H6Cl5NO4S. The van der Waals surface area contributed by atoms with E-state index in [9.17, 15) is 18.6 Å². The summed E-state index contributed by atoms with van der Waals surface area (Å²) in [6, 6.07) is 2.14. The molecule has 2 rings (SSSR count). The fourth-order valence-electron chi connectivity index (χ4n) is 1.77. The van der Waals surface area contributed by atoms with E-state index in [0.717, 1.165) is 12.1 Å². The minimum Gasteiger partial charge on any atom is -0.505 e. The lowest BCUT2D eigenvalue weighted by molar-refractivity contribution is 0.454. The number of sulfone groups is 1. The molecule has 0 amide bonds. The third kappa shape index (κ3) is 2.99. The van der Waals surface area contributed by atoms with Crippen LogP contribution in [0.3, 0.4) is 0 Å². The van der Waals surface area contributed by atoms with Crippen LogP contribution >= 0.6 is 58.0 Å². The molecule has 0 saturated heterocycles. The molecule has 0 atom stereocenters. The lowest BCUT2D eigenvalue weighted by Gasteiger charge is -2.15. The highest BCUT2D eigenvalue weighted by Gasteiger charge is 2.34. The van der Waals surface area contributed by atoms with E-state index in [1.807, 2.05) is 0 Å². The number of nitrogens with two attached hydrogens (primary N) is 1. The van der Waals surface area contributed by atoms with Crippen LogP contribution < -0.4 is 5.73 Å². The van der Waals surface area contributed by atoms with Crippen LogP contribution in [0.25, 0.3) is 0 Å². The largest absolute Gasteiger partial charge is 0.505 e. The second kappa shape index (κ2) is 6.27. The Hall–Kier alpha value is -0.760. The molecule has 0 aliphatic rings. The van der Waals surface area contributed by atoms with Crippen molar-refractivity contribution in [1.82, 2.24) is 0 Å². The van der Waals surface area contributed by atoms with Gasteiger partial charge in [-0.05, 0) is 12.1 Å². The fraction of sp³-hybridized carbons (Fsp3) is 0. The summed E-state index contributed by atoms with van der Waals surface area (Å²) in [6.07, 6.45) is 0.